The van der Waals surface area contributed by atoms with Gasteiger partial charge in [-0.05, 0) is 32.9 Å². The third-order valence-corrected chi connectivity index (χ3v) is 3.37. The van der Waals surface area contributed by atoms with Gasteiger partial charge in [0.1, 0.15) is 0 Å². The lowest BCUT2D eigenvalue weighted by atomic mass is 10.1. The number of guanidine groups is 1. The minimum atomic E-state index is 0. The molecule has 2 rings (SSSR count). The second kappa shape index (κ2) is 9.93. The van der Waals surface area contributed by atoms with Gasteiger partial charge in [0.15, 0.2) is 11.8 Å². The molecular weight excluding hydrogens is 383 g/mol. The molecule has 2 N–H and O–H groups in total. The van der Waals surface area contributed by atoms with E-state index in [0.29, 0.717) is 18.3 Å². The monoisotopic (exact) mass is 408 g/mol. The van der Waals surface area contributed by atoms with Gasteiger partial charge >= 0.3 is 0 Å². The van der Waals surface area contributed by atoms with Crippen LogP contribution in [0.25, 0.3) is 0 Å². The van der Waals surface area contributed by atoms with Crippen LogP contribution in [-0.4, -0.2) is 54.2 Å². The van der Waals surface area contributed by atoms with Gasteiger partial charge in [-0.1, -0.05) is 11.6 Å². The molecule has 120 valence electrons. The molecule has 0 aromatic carbocycles. The number of hydrogen-bond acceptors (Lipinski definition) is 5. The van der Waals surface area contributed by atoms with E-state index in [9.17, 15) is 0 Å². The average molecular weight is 408 g/mol. The fourth-order valence-electron chi connectivity index (χ4n) is 2.31. The Morgan fingerprint density at radius 1 is 1.29 bits per heavy atom. The topological polar surface area (TPSA) is 78.6 Å². The molecule has 7 nitrogen and oxygen atoms in total. The fourth-order valence-corrected chi connectivity index (χ4v) is 2.31. The van der Waals surface area contributed by atoms with Crippen molar-refractivity contribution in [2.24, 2.45) is 4.99 Å². The van der Waals surface area contributed by atoms with E-state index in [1.54, 1.807) is 14.0 Å². The van der Waals surface area contributed by atoms with Gasteiger partial charge in [0.2, 0.25) is 5.89 Å². The van der Waals surface area contributed by atoms with Gasteiger partial charge in [-0.15, -0.1) is 24.0 Å². The highest BCUT2D eigenvalue weighted by molar-refractivity contribution is 14.0. The van der Waals surface area contributed by atoms with E-state index in [4.69, 9.17) is 4.52 Å². The average Bonchev–Trinajstić information content (AvgIpc) is 2.89. The van der Waals surface area contributed by atoms with Gasteiger partial charge in [-0.2, -0.15) is 4.98 Å². The van der Waals surface area contributed by atoms with Crippen LogP contribution < -0.4 is 10.6 Å². The van der Waals surface area contributed by atoms with Crippen molar-refractivity contribution in [2.45, 2.75) is 32.7 Å². The molecule has 1 aliphatic rings. The van der Waals surface area contributed by atoms with Crippen LogP contribution in [0.4, 0.5) is 0 Å². The Bertz CT molecular complexity index is 430. The molecule has 0 bridgehead atoms. The second-order valence-corrected chi connectivity index (χ2v) is 4.99. The predicted molar refractivity (Wildman–Crippen MR) is 92.9 cm³/mol. The number of piperidine rings is 1. The third kappa shape index (κ3) is 6.60. The smallest absolute Gasteiger partial charge is 0.246 e. The Balaban J connectivity index is 0.00000220. The Morgan fingerprint density at radius 2 is 2.05 bits per heavy atom. The molecule has 2 heterocycles. The molecule has 0 aliphatic carbocycles. The number of hydrogen-bond donors (Lipinski definition) is 2. The second-order valence-electron chi connectivity index (χ2n) is 4.99. The summed E-state index contributed by atoms with van der Waals surface area (Å²) in [6.07, 6.45) is 4.02. The van der Waals surface area contributed by atoms with E-state index in [0.717, 1.165) is 19.0 Å². The lowest BCUT2D eigenvalue weighted by Crippen LogP contribution is -2.42. The van der Waals surface area contributed by atoms with Gasteiger partial charge in [0, 0.05) is 20.1 Å². The third-order valence-electron chi connectivity index (χ3n) is 3.37. The Kier molecular flexibility index (Phi) is 8.58. The van der Waals surface area contributed by atoms with Gasteiger partial charge < -0.3 is 20.1 Å². The van der Waals surface area contributed by atoms with Crippen LogP contribution in [0, 0.1) is 6.92 Å². The number of aryl methyl sites for hydroxylation is 1. The highest BCUT2D eigenvalue weighted by Gasteiger charge is 2.09. The van der Waals surface area contributed by atoms with Crippen LogP contribution in [-0.2, 0) is 6.54 Å². The first-order valence-electron chi connectivity index (χ1n) is 7.24. The van der Waals surface area contributed by atoms with Crippen molar-refractivity contribution >= 4 is 29.9 Å². The molecule has 0 unspecified atom stereocenters. The van der Waals surface area contributed by atoms with Crippen LogP contribution in [0.2, 0.25) is 0 Å². The van der Waals surface area contributed by atoms with Crippen LogP contribution >= 0.6 is 24.0 Å². The van der Waals surface area contributed by atoms with E-state index < -0.39 is 0 Å². The van der Waals surface area contributed by atoms with E-state index in [1.165, 1.54) is 32.4 Å². The van der Waals surface area contributed by atoms with E-state index in [2.05, 4.69) is 30.7 Å². The van der Waals surface area contributed by atoms with Crippen LogP contribution in [0.5, 0.6) is 0 Å². The summed E-state index contributed by atoms with van der Waals surface area (Å²) < 4.78 is 5.04. The van der Waals surface area contributed by atoms with Gasteiger partial charge in [-0.25, -0.2) is 0 Å². The summed E-state index contributed by atoms with van der Waals surface area (Å²) in [6, 6.07) is 0. The van der Waals surface area contributed by atoms with E-state index in [1.807, 2.05) is 0 Å². The molecule has 0 atom stereocenters. The molecule has 0 radical (unpaired) electrons. The standard InChI is InChI=1S/C13H24N6O.HI/c1-11-17-12(20-18-11)10-16-13(14-2)15-6-9-19-7-4-3-5-8-19;/h3-10H2,1-2H3,(H2,14,15,16);1H. The zero-order chi connectivity index (χ0) is 14.2. The van der Waals surface area contributed by atoms with Crippen molar-refractivity contribution < 1.29 is 4.52 Å². The summed E-state index contributed by atoms with van der Waals surface area (Å²) in [4.78, 5) is 10.8. The molecule has 0 saturated carbocycles. The summed E-state index contributed by atoms with van der Waals surface area (Å²) in [5, 5.41) is 10.2. The minimum absolute atomic E-state index is 0. The number of nitrogens with zero attached hydrogens (tertiary/aromatic N) is 4. The lowest BCUT2D eigenvalue weighted by molar-refractivity contribution is 0.232. The number of aromatic nitrogens is 2. The first-order valence-corrected chi connectivity index (χ1v) is 7.24. The first-order chi connectivity index (χ1) is 9.78. The molecule has 8 heteroatoms. The fraction of sp³-hybridized carbons (Fsp3) is 0.769. The maximum atomic E-state index is 5.04. The zero-order valence-corrected chi connectivity index (χ0v) is 15.1. The van der Waals surface area contributed by atoms with Crippen molar-refractivity contribution in [1.82, 2.24) is 25.7 Å². The minimum Gasteiger partial charge on any atom is -0.355 e. The number of nitrogens with one attached hydrogen (secondary N) is 2. The van der Waals surface area contributed by atoms with Crippen molar-refractivity contribution in [1.29, 1.82) is 0 Å². The summed E-state index contributed by atoms with van der Waals surface area (Å²) >= 11 is 0. The van der Waals surface area contributed by atoms with Crippen molar-refractivity contribution in [2.75, 3.05) is 33.2 Å². The maximum absolute atomic E-state index is 5.04. The lowest BCUT2D eigenvalue weighted by Gasteiger charge is -2.26. The van der Waals surface area contributed by atoms with E-state index in [-0.39, 0.29) is 24.0 Å². The van der Waals surface area contributed by atoms with Gasteiger partial charge in [0.05, 0.1) is 6.54 Å². The molecule has 1 aromatic rings. The normalized spacial score (nSPS) is 16.4. The number of aliphatic imine (C=N–C) groups is 1. The number of rotatable bonds is 5. The number of halogens is 1. The Labute approximate surface area is 143 Å². The molecular formula is C13H25IN6O. The molecule has 1 aromatic heterocycles. The Hall–Kier alpha value is -0.900. The van der Waals surface area contributed by atoms with Gasteiger partial charge in [0.25, 0.3) is 0 Å². The molecule has 21 heavy (non-hydrogen) atoms. The molecule has 1 saturated heterocycles. The van der Waals surface area contributed by atoms with Crippen LogP contribution in [0.3, 0.4) is 0 Å². The van der Waals surface area contributed by atoms with Gasteiger partial charge in [-0.3, -0.25) is 4.99 Å². The summed E-state index contributed by atoms with van der Waals surface area (Å²) in [5.74, 6) is 1.98. The Morgan fingerprint density at radius 3 is 2.67 bits per heavy atom. The SMILES string of the molecule is CN=C(NCCN1CCCCC1)NCc1nc(C)no1.I. The quantitative estimate of drug-likeness (QED) is 0.433. The molecule has 1 aliphatic heterocycles. The highest BCUT2D eigenvalue weighted by Crippen LogP contribution is 2.07. The molecule has 0 amide bonds. The predicted octanol–water partition coefficient (Wildman–Crippen LogP) is 1.15. The van der Waals surface area contributed by atoms with Crippen molar-refractivity contribution in [3.05, 3.63) is 11.7 Å². The summed E-state index contributed by atoms with van der Waals surface area (Å²) in [6.45, 7) is 6.68. The zero-order valence-electron chi connectivity index (χ0n) is 12.8. The summed E-state index contributed by atoms with van der Waals surface area (Å²) in [5.41, 5.74) is 0. The first kappa shape index (κ1) is 18.1. The maximum Gasteiger partial charge on any atom is 0.246 e. The van der Waals surface area contributed by atoms with Crippen LogP contribution in [0.1, 0.15) is 31.0 Å². The van der Waals surface area contributed by atoms with Crippen LogP contribution in [0.15, 0.2) is 9.52 Å². The van der Waals surface area contributed by atoms with Crippen molar-refractivity contribution in [3.63, 3.8) is 0 Å². The molecule has 0 spiro atoms. The highest BCUT2D eigenvalue weighted by atomic mass is 127. The van der Waals surface area contributed by atoms with Crippen molar-refractivity contribution in [3.8, 4) is 0 Å². The summed E-state index contributed by atoms with van der Waals surface area (Å²) in [7, 11) is 1.76. The number of likely N-dealkylation sites (tertiary alicyclic amines) is 1. The largest absolute Gasteiger partial charge is 0.355 e. The van der Waals surface area contributed by atoms with E-state index >= 15 is 0 Å². The molecule has 1 fully saturated rings.